The van der Waals surface area contributed by atoms with Crippen molar-refractivity contribution < 1.29 is 18.7 Å². The average molecular weight is 379 g/mol. The van der Waals surface area contributed by atoms with E-state index < -0.39 is 23.2 Å². The number of benzene rings is 2. The van der Waals surface area contributed by atoms with Crippen LogP contribution < -0.4 is 15.0 Å². The van der Waals surface area contributed by atoms with Crippen molar-refractivity contribution in [2.45, 2.75) is 19.4 Å². The molecule has 7 heteroatoms. The SMILES string of the molecule is CC1(C)C(=O)Nc2cc(F)ccc2N1C(=O)COc1cccc2cnccc12. The van der Waals surface area contributed by atoms with Crippen LogP contribution in [0.1, 0.15) is 13.8 Å². The maximum Gasteiger partial charge on any atom is 0.265 e. The Bertz CT molecular complexity index is 1090. The third-order valence-electron chi connectivity index (χ3n) is 4.80. The van der Waals surface area contributed by atoms with E-state index in [1.165, 1.54) is 23.1 Å². The van der Waals surface area contributed by atoms with Crippen LogP contribution in [-0.4, -0.2) is 28.9 Å². The zero-order valence-corrected chi connectivity index (χ0v) is 15.4. The van der Waals surface area contributed by atoms with Crippen LogP contribution in [0.25, 0.3) is 10.8 Å². The maximum atomic E-state index is 13.6. The first-order valence-corrected chi connectivity index (χ1v) is 8.77. The molecule has 0 atom stereocenters. The Hall–Kier alpha value is -3.48. The molecule has 1 aliphatic rings. The highest BCUT2D eigenvalue weighted by Gasteiger charge is 2.43. The summed E-state index contributed by atoms with van der Waals surface area (Å²) >= 11 is 0. The number of amides is 2. The number of anilines is 2. The molecule has 6 nitrogen and oxygen atoms in total. The Morgan fingerprint density at radius 1 is 1.25 bits per heavy atom. The number of halogens is 1. The van der Waals surface area contributed by atoms with Gasteiger partial charge in [0.1, 0.15) is 17.1 Å². The first-order chi connectivity index (χ1) is 13.4. The number of carbonyl (C=O) groups is 2. The van der Waals surface area contributed by atoms with Gasteiger partial charge in [0.15, 0.2) is 6.61 Å². The highest BCUT2D eigenvalue weighted by atomic mass is 19.1. The van der Waals surface area contributed by atoms with Crippen molar-refractivity contribution in [3.8, 4) is 5.75 Å². The van der Waals surface area contributed by atoms with Crippen LogP contribution in [0, 0.1) is 5.82 Å². The van der Waals surface area contributed by atoms with Gasteiger partial charge in [-0.3, -0.25) is 19.5 Å². The molecule has 0 spiro atoms. The molecule has 4 rings (SSSR count). The third kappa shape index (κ3) is 2.94. The fraction of sp³-hybridized carbons (Fsp3) is 0.190. The van der Waals surface area contributed by atoms with Crippen molar-refractivity contribution in [2.75, 3.05) is 16.8 Å². The number of ether oxygens (including phenoxy) is 1. The number of nitrogens with one attached hydrogen (secondary N) is 1. The topological polar surface area (TPSA) is 71.5 Å². The molecule has 28 heavy (non-hydrogen) atoms. The van der Waals surface area contributed by atoms with Crippen LogP contribution in [0.15, 0.2) is 54.9 Å². The molecule has 0 unspecified atom stereocenters. The van der Waals surface area contributed by atoms with Crippen LogP contribution in [-0.2, 0) is 9.59 Å². The Morgan fingerprint density at radius 2 is 2.07 bits per heavy atom. The van der Waals surface area contributed by atoms with Gasteiger partial charge >= 0.3 is 0 Å². The molecule has 3 aromatic rings. The molecule has 1 aliphatic heterocycles. The minimum Gasteiger partial charge on any atom is -0.483 e. The fourth-order valence-corrected chi connectivity index (χ4v) is 3.35. The maximum absolute atomic E-state index is 13.6. The normalized spacial score (nSPS) is 15.1. The van der Waals surface area contributed by atoms with Gasteiger partial charge in [-0.15, -0.1) is 0 Å². The number of pyridine rings is 1. The number of carbonyl (C=O) groups excluding carboxylic acids is 2. The monoisotopic (exact) mass is 379 g/mol. The molecule has 0 saturated heterocycles. The first kappa shape index (κ1) is 17.9. The summed E-state index contributed by atoms with van der Waals surface area (Å²) < 4.78 is 19.4. The molecule has 0 saturated carbocycles. The van der Waals surface area contributed by atoms with Crippen LogP contribution >= 0.6 is 0 Å². The minimum atomic E-state index is -1.14. The van der Waals surface area contributed by atoms with Gasteiger partial charge in [0.05, 0.1) is 11.4 Å². The van der Waals surface area contributed by atoms with Crippen molar-refractivity contribution in [3.63, 3.8) is 0 Å². The zero-order valence-electron chi connectivity index (χ0n) is 15.4. The standard InChI is InChI=1S/C21H18FN3O3/c1-21(2)20(27)24-16-10-14(22)6-7-17(16)25(21)19(26)12-28-18-5-3-4-13-11-23-9-8-15(13)18/h3-11H,12H2,1-2H3,(H,24,27). The van der Waals surface area contributed by atoms with E-state index in [9.17, 15) is 14.0 Å². The average Bonchev–Trinajstić information content (AvgIpc) is 2.67. The van der Waals surface area contributed by atoms with Gasteiger partial charge in [-0.2, -0.15) is 0 Å². The number of fused-ring (bicyclic) bond motifs is 2. The smallest absolute Gasteiger partial charge is 0.265 e. The highest BCUT2D eigenvalue weighted by molar-refractivity contribution is 6.14. The number of nitrogens with zero attached hydrogens (tertiary/aromatic N) is 2. The van der Waals surface area contributed by atoms with E-state index in [0.29, 0.717) is 11.4 Å². The summed E-state index contributed by atoms with van der Waals surface area (Å²) in [5.41, 5.74) is -0.454. The van der Waals surface area contributed by atoms with Crippen molar-refractivity contribution in [2.24, 2.45) is 0 Å². The van der Waals surface area contributed by atoms with Crippen molar-refractivity contribution in [1.82, 2.24) is 4.98 Å². The lowest BCUT2D eigenvalue weighted by atomic mass is 9.96. The summed E-state index contributed by atoms with van der Waals surface area (Å²) in [7, 11) is 0. The summed E-state index contributed by atoms with van der Waals surface area (Å²) in [5, 5.41) is 4.38. The molecule has 0 bridgehead atoms. The van der Waals surface area contributed by atoms with Crippen LogP contribution in [0.5, 0.6) is 5.75 Å². The Labute approximate surface area is 160 Å². The summed E-state index contributed by atoms with van der Waals surface area (Å²) in [5.74, 6) is -0.743. The number of hydrogen-bond donors (Lipinski definition) is 1. The second-order valence-corrected chi connectivity index (χ2v) is 7.05. The molecular formula is C21H18FN3O3. The van der Waals surface area contributed by atoms with Crippen LogP contribution in [0.4, 0.5) is 15.8 Å². The Morgan fingerprint density at radius 3 is 2.89 bits per heavy atom. The van der Waals surface area contributed by atoms with Crippen LogP contribution in [0.2, 0.25) is 0 Å². The summed E-state index contributed by atoms with van der Waals surface area (Å²) in [6, 6.07) is 11.2. The van der Waals surface area contributed by atoms with Gasteiger partial charge in [0, 0.05) is 23.2 Å². The van der Waals surface area contributed by atoms with Gasteiger partial charge in [0.2, 0.25) is 5.91 Å². The predicted molar refractivity (Wildman–Crippen MR) is 104 cm³/mol. The second-order valence-electron chi connectivity index (χ2n) is 7.05. The summed E-state index contributed by atoms with van der Waals surface area (Å²) in [4.78, 5) is 30.9. The van der Waals surface area contributed by atoms with Gasteiger partial charge in [-0.25, -0.2) is 4.39 Å². The Balaban J connectivity index is 1.64. The highest BCUT2D eigenvalue weighted by Crippen LogP contribution is 2.37. The fourth-order valence-electron chi connectivity index (χ4n) is 3.35. The molecule has 2 amide bonds. The van der Waals surface area contributed by atoms with Crippen LogP contribution in [0.3, 0.4) is 0 Å². The predicted octanol–water partition coefficient (Wildman–Crippen LogP) is 3.52. The first-order valence-electron chi connectivity index (χ1n) is 8.77. The molecular weight excluding hydrogens is 361 g/mol. The summed E-state index contributed by atoms with van der Waals surface area (Å²) in [6.45, 7) is 3.00. The molecule has 0 aliphatic carbocycles. The quantitative estimate of drug-likeness (QED) is 0.756. The van der Waals surface area contributed by atoms with Gasteiger partial charge < -0.3 is 10.1 Å². The van der Waals surface area contributed by atoms with Crippen molar-refractivity contribution in [3.05, 3.63) is 60.7 Å². The van der Waals surface area contributed by atoms with E-state index >= 15 is 0 Å². The molecule has 0 radical (unpaired) electrons. The third-order valence-corrected chi connectivity index (χ3v) is 4.80. The molecule has 0 fully saturated rings. The summed E-state index contributed by atoms with van der Waals surface area (Å²) in [6.07, 6.45) is 3.37. The van der Waals surface area contributed by atoms with E-state index in [1.807, 2.05) is 18.2 Å². The molecule has 2 aromatic carbocycles. The van der Waals surface area contributed by atoms with Crippen molar-refractivity contribution in [1.29, 1.82) is 0 Å². The molecule has 2 heterocycles. The van der Waals surface area contributed by atoms with E-state index in [-0.39, 0.29) is 12.3 Å². The molecule has 142 valence electrons. The lowest BCUT2D eigenvalue weighted by Gasteiger charge is -2.41. The minimum absolute atomic E-state index is 0.258. The lowest BCUT2D eigenvalue weighted by Crippen LogP contribution is -2.59. The number of hydrogen-bond acceptors (Lipinski definition) is 4. The second kappa shape index (κ2) is 6.60. The number of aromatic nitrogens is 1. The molecule has 1 N–H and O–H groups in total. The van der Waals surface area contributed by atoms with Gasteiger partial charge in [0.25, 0.3) is 5.91 Å². The van der Waals surface area contributed by atoms with E-state index in [4.69, 9.17) is 4.74 Å². The van der Waals surface area contributed by atoms with E-state index in [1.54, 1.807) is 32.3 Å². The van der Waals surface area contributed by atoms with Gasteiger partial charge in [-0.05, 0) is 44.2 Å². The van der Waals surface area contributed by atoms with E-state index in [2.05, 4.69) is 10.3 Å². The lowest BCUT2D eigenvalue weighted by molar-refractivity contribution is -0.127. The molecule has 1 aromatic heterocycles. The van der Waals surface area contributed by atoms with Gasteiger partial charge in [-0.1, -0.05) is 12.1 Å². The zero-order chi connectivity index (χ0) is 19.9. The largest absolute Gasteiger partial charge is 0.483 e. The van der Waals surface area contributed by atoms with E-state index in [0.717, 1.165) is 10.8 Å². The van der Waals surface area contributed by atoms with Crippen molar-refractivity contribution >= 4 is 34.0 Å². The Kier molecular flexibility index (Phi) is 4.22. The number of rotatable bonds is 3.